The molecule has 0 aliphatic carbocycles. The van der Waals surface area contributed by atoms with Gasteiger partial charge in [0.2, 0.25) is 0 Å². The predicted octanol–water partition coefficient (Wildman–Crippen LogP) is 6.97. The molecular weight excluding hydrogens is 560 g/mol. The normalized spacial score (nSPS) is 11.4. The van der Waals surface area contributed by atoms with Gasteiger partial charge in [-0.25, -0.2) is 19.3 Å². The molecule has 0 aliphatic heterocycles. The molecule has 5 aromatic rings. The van der Waals surface area contributed by atoms with Gasteiger partial charge in [0.15, 0.2) is 0 Å². The molecule has 0 saturated carbocycles. The van der Waals surface area contributed by atoms with Crippen LogP contribution in [0.2, 0.25) is 0 Å². The van der Waals surface area contributed by atoms with Crippen LogP contribution in [0.4, 0.5) is 10.6 Å². The van der Waals surface area contributed by atoms with Crippen LogP contribution in [-0.2, 0) is 37.9 Å². The molecule has 5 rings (SSSR count). The summed E-state index contributed by atoms with van der Waals surface area (Å²) in [6, 6.07) is 31.8. The minimum Gasteiger partial charge on any atom is -0.334 e. The third-order valence-corrected chi connectivity index (χ3v) is 7.87. The predicted molar refractivity (Wildman–Crippen MR) is 180 cm³/mol. The van der Waals surface area contributed by atoms with Gasteiger partial charge in [-0.1, -0.05) is 106 Å². The maximum Gasteiger partial charge on any atom is 0.346 e. The molecule has 8 nitrogen and oxygen atoms in total. The Morgan fingerprint density at radius 1 is 0.800 bits per heavy atom. The van der Waals surface area contributed by atoms with Crippen molar-refractivity contribution < 1.29 is 4.79 Å². The third kappa shape index (κ3) is 8.35. The first kappa shape index (κ1) is 31.4. The van der Waals surface area contributed by atoms with E-state index in [1.807, 2.05) is 49.4 Å². The third-order valence-electron chi connectivity index (χ3n) is 7.87. The molecule has 232 valence electrons. The smallest absolute Gasteiger partial charge is 0.334 e. The Morgan fingerprint density at radius 3 is 2.20 bits per heavy atom. The van der Waals surface area contributed by atoms with E-state index in [2.05, 4.69) is 84.9 Å². The summed E-state index contributed by atoms with van der Waals surface area (Å²) in [6.45, 7) is 10.1. The summed E-state index contributed by atoms with van der Waals surface area (Å²) in [5.41, 5.74) is 6.36. The van der Waals surface area contributed by atoms with E-state index in [9.17, 15) is 9.59 Å². The molecule has 3 aromatic carbocycles. The van der Waals surface area contributed by atoms with Crippen LogP contribution in [0.5, 0.6) is 0 Å². The molecule has 8 heteroatoms. The highest BCUT2D eigenvalue weighted by Crippen LogP contribution is 2.23. The fourth-order valence-electron chi connectivity index (χ4n) is 5.27. The van der Waals surface area contributed by atoms with Gasteiger partial charge in [0.05, 0.1) is 12.2 Å². The maximum atomic E-state index is 13.1. The molecule has 0 atom stereocenters. The van der Waals surface area contributed by atoms with Gasteiger partial charge in [-0.3, -0.25) is 9.88 Å². The number of nitrogens with zero attached hydrogens (tertiary/aromatic N) is 4. The van der Waals surface area contributed by atoms with Crippen LogP contribution < -0.4 is 16.3 Å². The maximum absolute atomic E-state index is 13.1. The van der Waals surface area contributed by atoms with E-state index >= 15 is 0 Å². The summed E-state index contributed by atoms with van der Waals surface area (Å²) in [4.78, 5) is 30.1. The Hall–Kier alpha value is -4.98. The minimum atomic E-state index is -0.299. The van der Waals surface area contributed by atoms with E-state index < -0.39 is 0 Å². The largest absolute Gasteiger partial charge is 0.346 e. The molecule has 0 radical (unpaired) electrons. The van der Waals surface area contributed by atoms with Crippen molar-refractivity contribution in [1.29, 1.82) is 0 Å². The number of urea groups is 1. The number of benzene rings is 3. The zero-order valence-electron chi connectivity index (χ0n) is 26.6. The van der Waals surface area contributed by atoms with Gasteiger partial charge in [-0.05, 0) is 59.6 Å². The van der Waals surface area contributed by atoms with E-state index in [0.717, 1.165) is 47.5 Å². The van der Waals surface area contributed by atoms with Crippen molar-refractivity contribution in [3.05, 3.63) is 136 Å². The van der Waals surface area contributed by atoms with E-state index in [1.165, 1.54) is 11.1 Å². The number of rotatable bonds is 11. The monoisotopic (exact) mass is 602 g/mol. The number of hydrogen-bond acceptors (Lipinski definition) is 4. The molecule has 0 unspecified atom stereocenters. The Labute approximate surface area is 265 Å². The van der Waals surface area contributed by atoms with Crippen LogP contribution >= 0.6 is 0 Å². The second kappa shape index (κ2) is 14.2. The lowest BCUT2D eigenvalue weighted by Gasteiger charge is -2.19. The summed E-state index contributed by atoms with van der Waals surface area (Å²) in [7, 11) is 0. The van der Waals surface area contributed by atoms with Crippen LogP contribution in [0.25, 0.3) is 11.3 Å². The van der Waals surface area contributed by atoms with Crippen molar-refractivity contribution in [3.8, 4) is 11.3 Å². The second-order valence-electron chi connectivity index (χ2n) is 12.3. The lowest BCUT2D eigenvalue weighted by molar-refractivity contribution is 0.251. The Morgan fingerprint density at radius 2 is 1.51 bits per heavy atom. The van der Waals surface area contributed by atoms with Gasteiger partial charge in [-0.15, -0.1) is 0 Å². The number of anilines is 1. The van der Waals surface area contributed by atoms with Crippen molar-refractivity contribution >= 4 is 11.8 Å². The molecule has 2 heterocycles. The number of carbonyl (C=O) groups excluding carboxylic acids is 1. The van der Waals surface area contributed by atoms with E-state index in [-0.39, 0.29) is 17.1 Å². The topological polar surface area (TPSA) is 93.8 Å². The van der Waals surface area contributed by atoms with Crippen LogP contribution in [0, 0.1) is 0 Å². The molecule has 0 fully saturated rings. The fraction of sp³-hybridized carbons (Fsp3) is 0.297. The van der Waals surface area contributed by atoms with Crippen LogP contribution in [0.15, 0.2) is 102 Å². The summed E-state index contributed by atoms with van der Waals surface area (Å²) >= 11 is 0. The van der Waals surface area contributed by atoms with E-state index in [4.69, 9.17) is 5.10 Å². The molecule has 2 N–H and O–H groups in total. The van der Waals surface area contributed by atoms with Crippen LogP contribution in [0.3, 0.4) is 0 Å². The van der Waals surface area contributed by atoms with Gasteiger partial charge in [0.1, 0.15) is 11.6 Å². The van der Waals surface area contributed by atoms with Crippen molar-refractivity contribution in [1.82, 2.24) is 24.6 Å². The van der Waals surface area contributed by atoms with E-state index in [0.29, 0.717) is 25.5 Å². The highest BCUT2D eigenvalue weighted by molar-refractivity contribution is 5.88. The first-order valence-corrected chi connectivity index (χ1v) is 15.6. The minimum absolute atomic E-state index is 0.0605. The first-order valence-electron chi connectivity index (χ1n) is 15.6. The SMILES string of the molecule is CCn1c(CCCc2ccc(-c3cccc(NC(=O)NCc4ccccc4)n3)cc2)nn(Cc2ccc(C(C)(C)C)cc2)c1=O. The number of amides is 2. The molecule has 0 saturated heterocycles. The van der Waals surface area contributed by atoms with Crippen LogP contribution in [0.1, 0.15) is 62.2 Å². The Bertz CT molecular complexity index is 1770. The average molecular weight is 603 g/mol. The molecule has 0 bridgehead atoms. The molecular formula is C37H42N6O2. The fourth-order valence-corrected chi connectivity index (χ4v) is 5.27. The van der Waals surface area contributed by atoms with Gasteiger partial charge in [0, 0.05) is 25.1 Å². The van der Waals surface area contributed by atoms with Gasteiger partial charge in [0.25, 0.3) is 0 Å². The number of carbonyl (C=O) groups is 1. The standard InChI is InChI=1S/C37H42N6O2/c1-5-42-34(41-43(36(42)45)26-29-19-23-31(24-20-29)37(2,3)4)16-9-13-27-17-21-30(22-18-27)32-14-10-15-33(39-32)40-35(44)38-25-28-11-7-6-8-12-28/h6-8,10-12,14-15,17-24H,5,9,13,16,25-26H2,1-4H3,(H2,38,39,40,44). The summed E-state index contributed by atoms with van der Waals surface area (Å²) in [6.07, 6.45) is 2.48. The summed E-state index contributed by atoms with van der Waals surface area (Å²) in [5.74, 6) is 1.32. The lowest BCUT2D eigenvalue weighted by atomic mass is 9.87. The molecule has 0 spiro atoms. The number of hydrogen-bond donors (Lipinski definition) is 2. The zero-order valence-corrected chi connectivity index (χ0v) is 26.6. The van der Waals surface area contributed by atoms with Crippen molar-refractivity contribution in [2.24, 2.45) is 0 Å². The first-order chi connectivity index (χ1) is 21.7. The van der Waals surface area contributed by atoms with Gasteiger partial charge in [-0.2, -0.15) is 5.10 Å². The number of aromatic nitrogens is 4. The molecule has 45 heavy (non-hydrogen) atoms. The van der Waals surface area contributed by atoms with E-state index in [1.54, 1.807) is 15.3 Å². The highest BCUT2D eigenvalue weighted by atomic mass is 16.2. The molecule has 2 amide bonds. The second-order valence-corrected chi connectivity index (χ2v) is 12.3. The average Bonchev–Trinajstić information content (AvgIpc) is 3.34. The zero-order chi connectivity index (χ0) is 31.8. The van der Waals surface area contributed by atoms with Crippen molar-refractivity contribution in [2.45, 2.75) is 72.0 Å². The Balaban J connectivity index is 1.15. The summed E-state index contributed by atoms with van der Waals surface area (Å²) < 4.78 is 3.36. The van der Waals surface area contributed by atoms with Crippen LogP contribution in [-0.4, -0.2) is 25.4 Å². The Kier molecular flexibility index (Phi) is 9.92. The molecule has 2 aromatic heterocycles. The number of pyridine rings is 1. The molecule has 0 aliphatic rings. The van der Waals surface area contributed by atoms with Gasteiger partial charge < -0.3 is 5.32 Å². The highest BCUT2D eigenvalue weighted by Gasteiger charge is 2.15. The van der Waals surface area contributed by atoms with Crippen molar-refractivity contribution in [2.75, 3.05) is 5.32 Å². The quantitative estimate of drug-likeness (QED) is 0.171. The van der Waals surface area contributed by atoms with Crippen molar-refractivity contribution in [3.63, 3.8) is 0 Å². The number of aryl methyl sites for hydroxylation is 2. The summed E-state index contributed by atoms with van der Waals surface area (Å²) in [5, 5.41) is 10.4. The lowest BCUT2D eigenvalue weighted by Crippen LogP contribution is -2.28. The van der Waals surface area contributed by atoms with Gasteiger partial charge >= 0.3 is 11.7 Å². The number of nitrogens with one attached hydrogen (secondary N) is 2.